The number of ether oxygens (including phenoxy) is 3. The van der Waals surface area contributed by atoms with Crippen molar-refractivity contribution in [1.82, 2.24) is 4.90 Å². The Morgan fingerprint density at radius 1 is 1.12 bits per heavy atom. The van der Waals surface area contributed by atoms with E-state index in [1.54, 1.807) is 61.7 Å². The molecule has 9 nitrogen and oxygen atoms in total. The van der Waals surface area contributed by atoms with Crippen molar-refractivity contribution in [3.8, 4) is 11.5 Å². The minimum atomic E-state index is -1.30. The fraction of sp³-hybridized carbons (Fsp3) is 0.261. The van der Waals surface area contributed by atoms with E-state index in [1.807, 2.05) is 6.07 Å². The number of nitrogens with zero attached hydrogens (tertiary/aromatic N) is 1. The second kappa shape index (κ2) is 9.90. The average molecular weight is 504 g/mol. The van der Waals surface area contributed by atoms with Gasteiger partial charge in [0, 0.05) is 22.0 Å². The molecule has 0 spiro atoms. The van der Waals surface area contributed by atoms with E-state index in [-0.39, 0.29) is 17.4 Å². The average Bonchev–Trinajstić information content (AvgIpc) is 3.13. The number of amides is 1. The number of fused-ring (bicyclic) bond motifs is 1. The van der Waals surface area contributed by atoms with Crippen LogP contribution in [0.4, 0.5) is 0 Å². The minimum absolute atomic E-state index is 0.0599. The highest BCUT2D eigenvalue weighted by Crippen LogP contribution is 2.51. The molecule has 0 aromatic heterocycles. The number of carboxylic acids is 1. The lowest BCUT2D eigenvalue weighted by Crippen LogP contribution is -2.61. The van der Waals surface area contributed by atoms with Crippen LogP contribution in [0, 0.1) is 5.92 Å². The number of esters is 1. The lowest BCUT2D eigenvalue weighted by Gasteiger charge is -2.43. The summed E-state index contributed by atoms with van der Waals surface area (Å²) in [5, 5.41) is 9.16. The highest BCUT2D eigenvalue weighted by molar-refractivity contribution is 8.03. The van der Waals surface area contributed by atoms with Crippen LogP contribution in [0.5, 0.6) is 11.5 Å². The molecule has 4 atom stereocenters. The molecular formula is C23H21NO8S2. The monoisotopic (exact) mass is 503 g/mol. The number of para-hydroxylation sites is 1. The molecule has 1 saturated heterocycles. The lowest BCUT2D eigenvalue weighted by molar-refractivity contribution is -0.167. The molecule has 1 amide bonds. The van der Waals surface area contributed by atoms with E-state index in [2.05, 4.69) is 0 Å². The number of aliphatic carboxylic acids is 1. The van der Waals surface area contributed by atoms with Crippen LogP contribution >= 0.6 is 11.8 Å². The Morgan fingerprint density at radius 3 is 2.41 bits per heavy atom. The molecule has 1 N–H and O–H groups in total. The molecule has 0 aliphatic carbocycles. The molecule has 0 bridgehead atoms. The van der Waals surface area contributed by atoms with Crippen molar-refractivity contribution in [2.75, 3.05) is 12.9 Å². The minimum Gasteiger partial charge on any atom is -0.482 e. The molecule has 2 aromatic rings. The largest absolute Gasteiger partial charge is 0.482 e. The van der Waals surface area contributed by atoms with Gasteiger partial charge < -0.3 is 19.3 Å². The molecule has 34 heavy (non-hydrogen) atoms. The molecular weight excluding hydrogens is 482 g/mol. The fourth-order valence-electron chi connectivity index (χ4n) is 3.59. The summed E-state index contributed by atoms with van der Waals surface area (Å²) in [5.41, 5.74) is -0.259. The number of hydrogen-bond donors (Lipinski definition) is 1. The van der Waals surface area contributed by atoms with E-state index in [9.17, 15) is 23.7 Å². The maximum absolute atomic E-state index is 12.8. The van der Waals surface area contributed by atoms with Gasteiger partial charge in [0.15, 0.2) is 17.4 Å². The first-order valence-electron chi connectivity index (χ1n) is 10.2. The van der Waals surface area contributed by atoms with Crippen LogP contribution < -0.4 is 9.47 Å². The maximum Gasteiger partial charge on any atom is 0.357 e. The first-order valence-corrected chi connectivity index (χ1v) is 12.7. The Morgan fingerprint density at radius 2 is 1.79 bits per heavy atom. The summed E-state index contributed by atoms with van der Waals surface area (Å²) in [5.74, 6) is -2.27. The molecule has 1 fully saturated rings. The van der Waals surface area contributed by atoms with Gasteiger partial charge in [-0.3, -0.25) is 13.9 Å². The van der Waals surface area contributed by atoms with Crippen molar-refractivity contribution in [3.05, 3.63) is 65.4 Å². The summed E-state index contributed by atoms with van der Waals surface area (Å²) in [7, 11) is -1.16. The van der Waals surface area contributed by atoms with Gasteiger partial charge >= 0.3 is 11.9 Å². The molecule has 2 aliphatic rings. The third kappa shape index (κ3) is 4.80. The van der Waals surface area contributed by atoms with Crippen molar-refractivity contribution < 1.29 is 37.9 Å². The summed E-state index contributed by atoms with van der Waals surface area (Å²) < 4.78 is 28.1. The number of rotatable bonds is 9. The highest BCUT2D eigenvalue weighted by Gasteiger charge is 2.59. The van der Waals surface area contributed by atoms with Gasteiger partial charge in [-0.05, 0) is 43.3 Å². The van der Waals surface area contributed by atoms with Gasteiger partial charge in [-0.1, -0.05) is 30.0 Å². The summed E-state index contributed by atoms with van der Waals surface area (Å²) in [4.78, 5) is 38.6. The van der Waals surface area contributed by atoms with E-state index in [0.717, 1.165) is 16.7 Å². The number of β-lactam (4-membered cyclic amide) rings is 1. The van der Waals surface area contributed by atoms with Gasteiger partial charge in [-0.2, -0.15) is 0 Å². The van der Waals surface area contributed by atoms with E-state index < -0.39 is 46.0 Å². The number of carbonyl (C=O) groups is 3. The zero-order valence-corrected chi connectivity index (χ0v) is 19.8. The zero-order chi connectivity index (χ0) is 24.4. The van der Waals surface area contributed by atoms with Crippen molar-refractivity contribution in [1.29, 1.82) is 0 Å². The van der Waals surface area contributed by atoms with Crippen molar-refractivity contribution >= 4 is 40.4 Å². The van der Waals surface area contributed by atoms with Crippen LogP contribution in [0.3, 0.4) is 0 Å². The molecule has 2 aromatic carbocycles. The molecule has 0 saturated carbocycles. The first-order chi connectivity index (χ1) is 16.3. The third-order valence-electron chi connectivity index (χ3n) is 5.24. The summed E-state index contributed by atoms with van der Waals surface area (Å²) in [6.45, 7) is 1.27. The lowest BCUT2D eigenvalue weighted by atomic mass is 9.92. The zero-order valence-electron chi connectivity index (χ0n) is 18.2. The second-order valence-corrected chi connectivity index (χ2v) is 9.98. The quantitative estimate of drug-likeness (QED) is 0.407. The van der Waals surface area contributed by atoms with Gasteiger partial charge in [0.2, 0.25) is 5.91 Å². The SMILES string of the molecule is C[C@@H](OC(=O)COc1ccccc1)[C@H]1C(=O)N2C(C(=O)O)=C(Oc3ccc(S(C)=O)cc3)SC12. The Kier molecular flexibility index (Phi) is 6.94. The van der Waals surface area contributed by atoms with Gasteiger partial charge in [0.25, 0.3) is 0 Å². The van der Waals surface area contributed by atoms with Crippen LogP contribution in [-0.4, -0.2) is 56.4 Å². The maximum atomic E-state index is 12.8. The molecule has 0 radical (unpaired) electrons. The molecule has 2 unspecified atom stereocenters. The van der Waals surface area contributed by atoms with Gasteiger partial charge in [-0.25, -0.2) is 9.59 Å². The smallest absolute Gasteiger partial charge is 0.357 e. The summed E-state index contributed by atoms with van der Waals surface area (Å²) in [6, 6.07) is 15.2. The predicted octanol–water partition coefficient (Wildman–Crippen LogP) is 2.60. The van der Waals surface area contributed by atoms with Crippen molar-refractivity contribution in [2.45, 2.75) is 23.3 Å². The Labute approximate surface area is 202 Å². The van der Waals surface area contributed by atoms with Crippen LogP contribution in [0.1, 0.15) is 6.92 Å². The number of carboxylic acid groups (broad SMARTS) is 1. The highest BCUT2D eigenvalue weighted by atomic mass is 32.2. The van der Waals surface area contributed by atoms with Crippen LogP contribution in [-0.2, 0) is 29.9 Å². The second-order valence-electron chi connectivity index (χ2n) is 7.51. The van der Waals surface area contributed by atoms with Crippen molar-refractivity contribution in [3.63, 3.8) is 0 Å². The van der Waals surface area contributed by atoms with E-state index in [1.165, 1.54) is 0 Å². The summed E-state index contributed by atoms with van der Waals surface area (Å²) in [6.07, 6.45) is 0.757. The van der Waals surface area contributed by atoms with Crippen LogP contribution in [0.25, 0.3) is 0 Å². The topological polar surface area (TPSA) is 119 Å². The van der Waals surface area contributed by atoms with Gasteiger partial charge in [0.05, 0.1) is 0 Å². The van der Waals surface area contributed by atoms with E-state index in [4.69, 9.17) is 14.2 Å². The predicted molar refractivity (Wildman–Crippen MR) is 123 cm³/mol. The molecule has 11 heteroatoms. The standard InChI is InChI=1S/C23H21NO8S2/c1-13(31-17(25)12-30-14-6-4-3-5-7-14)18-20(26)24-19(22(27)28)23(33-21(18)24)32-15-8-10-16(11-9-15)34(2)29/h3-11,13,18,21H,12H2,1-2H3,(H,27,28)/t13-,18+,21?,34?/m1/s1. The van der Waals surface area contributed by atoms with E-state index >= 15 is 0 Å². The number of hydrogen-bond acceptors (Lipinski definition) is 8. The van der Waals surface area contributed by atoms with Crippen LogP contribution in [0.2, 0.25) is 0 Å². The normalized spacial score (nSPS) is 20.8. The van der Waals surface area contributed by atoms with Gasteiger partial charge in [0.1, 0.15) is 28.9 Å². The molecule has 2 aliphatic heterocycles. The molecule has 178 valence electrons. The van der Waals surface area contributed by atoms with Gasteiger partial charge in [-0.15, -0.1) is 0 Å². The summed E-state index contributed by atoms with van der Waals surface area (Å²) >= 11 is 1.08. The number of benzene rings is 2. The van der Waals surface area contributed by atoms with E-state index in [0.29, 0.717) is 16.4 Å². The number of thioether (sulfide) groups is 1. The Bertz CT molecular complexity index is 1170. The molecule has 4 rings (SSSR count). The van der Waals surface area contributed by atoms with Crippen molar-refractivity contribution in [2.24, 2.45) is 5.92 Å². The fourth-order valence-corrected chi connectivity index (χ4v) is 5.57. The first kappa shape index (κ1) is 23.8. The Balaban J connectivity index is 1.40. The Hall–Kier alpha value is -3.31. The third-order valence-corrected chi connectivity index (χ3v) is 7.41. The number of carbonyl (C=O) groups excluding carboxylic acids is 2. The van der Waals surface area contributed by atoms with Crippen LogP contribution in [0.15, 0.2) is 70.3 Å². The molecule has 2 heterocycles.